The van der Waals surface area contributed by atoms with Gasteiger partial charge in [0.1, 0.15) is 5.15 Å². The average molecular weight is 173 g/mol. The molecule has 3 nitrogen and oxygen atoms in total. The third-order valence-corrected chi connectivity index (χ3v) is 1.27. The number of ether oxygens (including phenoxy) is 1. The molecule has 0 fully saturated rings. The fraction of sp³-hybridized carbons (Fsp3) is 0.429. The monoisotopic (exact) mass is 172 g/mol. The summed E-state index contributed by atoms with van der Waals surface area (Å²) in [6, 6.07) is 2.03. The summed E-state index contributed by atoms with van der Waals surface area (Å²) in [5.41, 5.74) is 0.813. The van der Waals surface area contributed by atoms with Gasteiger partial charge >= 0.3 is 6.01 Å². The van der Waals surface area contributed by atoms with E-state index in [9.17, 15) is 0 Å². The van der Waals surface area contributed by atoms with E-state index >= 15 is 0 Å². The van der Waals surface area contributed by atoms with Gasteiger partial charge in [0, 0.05) is 5.69 Å². The molecule has 0 bridgehead atoms. The number of rotatable bonds is 2. The normalized spacial score (nSPS) is 9.73. The standard InChI is InChI=1S/C7H9ClN2O/c1-3-11-7-9-5(2)4-6(8)10-7/h4H,3H2,1-2H3. The highest BCUT2D eigenvalue weighted by Gasteiger charge is 1.98. The van der Waals surface area contributed by atoms with E-state index < -0.39 is 0 Å². The van der Waals surface area contributed by atoms with Crippen LogP contribution in [0.15, 0.2) is 6.07 Å². The molecule has 0 saturated heterocycles. The number of hydrogen-bond donors (Lipinski definition) is 0. The fourth-order valence-electron chi connectivity index (χ4n) is 0.698. The first-order chi connectivity index (χ1) is 5.22. The molecular formula is C7H9ClN2O. The van der Waals surface area contributed by atoms with Gasteiger partial charge in [0.15, 0.2) is 0 Å². The summed E-state index contributed by atoms with van der Waals surface area (Å²) in [4.78, 5) is 7.86. The Kier molecular flexibility index (Phi) is 2.65. The zero-order chi connectivity index (χ0) is 8.27. The molecule has 0 aliphatic carbocycles. The molecule has 11 heavy (non-hydrogen) atoms. The number of aryl methyl sites for hydroxylation is 1. The van der Waals surface area contributed by atoms with Crippen LogP contribution in [0.1, 0.15) is 12.6 Å². The van der Waals surface area contributed by atoms with E-state index in [0.29, 0.717) is 17.8 Å². The molecule has 0 radical (unpaired) electrons. The second kappa shape index (κ2) is 3.53. The number of nitrogens with zero attached hydrogens (tertiary/aromatic N) is 2. The van der Waals surface area contributed by atoms with E-state index in [4.69, 9.17) is 16.3 Å². The van der Waals surface area contributed by atoms with Crippen LogP contribution < -0.4 is 4.74 Å². The highest BCUT2D eigenvalue weighted by atomic mass is 35.5. The van der Waals surface area contributed by atoms with Crippen molar-refractivity contribution in [3.63, 3.8) is 0 Å². The molecule has 0 spiro atoms. The van der Waals surface area contributed by atoms with Gasteiger partial charge in [-0.05, 0) is 19.9 Å². The zero-order valence-corrected chi connectivity index (χ0v) is 7.22. The number of hydrogen-bond acceptors (Lipinski definition) is 3. The molecule has 0 unspecified atom stereocenters. The first kappa shape index (κ1) is 8.27. The molecular weight excluding hydrogens is 164 g/mol. The van der Waals surface area contributed by atoms with Crippen LogP contribution >= 0.6 is 11.6 Å². The van der Waals surface area contributed by atoms with Crippen LogP contribution in [0, 0.1) is 6.92 Å². The van der Waals surface area contributed by atoms with Crippen LogP contribution in [-0.4, -0.2) is 16.6 Å². The van der Waals surface area contributed by atoms with E-state index in [-0.39, 0.29) is 0 Å². The minimum absolute atomic E-state index is 0.345. The van der Waals surface area contributed by atoms with Crippen LogP contribution in [0.5, 0.6) is 6.01 Å². The summed E-state index contributed by atoms with van der Waals surface area (Å²) in [5.74, 6) is 0. The van der Waals surface area contributed by atoms with Gasteiger partial charge < -0.3 is 4.74 Å². The Hall–Kier alpha value is -0.830. The largest absolute Gasteiger partial charge is 0.464 e. The summed E-state index contributed by atoms with van der Waals surface area (Å²) in [6.07, 6.45) is 0. The van der Waals surface area contributed by atoms with Gasteiger partial charge in [-0.25, -0.2) is 4.98 Å². The molecule has 0 N–H and O–H groups in total. The van der Waals surface area contributed by atoms with Gasteiger partial charge in [-0.1, -0.05) is 11.6 Å². The Morgan fingerprint density at radius 2 is 2.27 bits per heavy atom. The highest BCUT2D eigenvalue weighted by Crippen LogP contribution is 2.10. The van der Waals surface area contributed by atoms with Gasteiger partial charge in [-0.2, -0.15) is 4.98 Å². The van der Waals surface area contributed by atoms with Gasteiger partial charge in [-0.3, -0.25) is 0 Å². The fourth-order valence-corrected chi connectivity index (χ4v) is 0.928. The smallest absolute Gasteiger partial charge is 0.318 e. The zero-order valence-electron chi connectivity index (χ0n) is 6.47. The van der Waals surface area contributed by atoms with Crippen molar-refractivity contribution in [3.8, 4) is 6.01 Å². The van der Waals surface area contributed by atoms with E-state index in [1.807, 2.05) is 13.8 Å². The van der Waals surface area contributed by atoms with Gasteiger partial charge in [0.25, 0.3) is 0 Å². The Morgan fingerprint density at radius 1 is 1.55 bits per heavy atom. The Morgan fingerprint density at radius 3 is 2.82 bits per heavy atom. The SMILES string of the molecule is CCOc1nc(C)cc(Cl)n1. The van der Waals surface area contributed by atoms with Crippen molar-refractivity contribution in [2.75, 3.05) is 6.61 Å². The van der Waals surface area contributed by atoms with Crippen LogP contribution in [-0.2, 0) is 0 Å². The third-order valence-electron chi connectivity index (χ3n) is 1.08. The molecule has 0 atom stereocenters. The molecule has 1 aromatic rings. The highest BCUT2D eigenvalue weighted by molar-refractivity contribution is 6.29. The minimum atomic E-state index is 0.345. The van der Waals surface area contributed by atoms with E-state index in [0.717, 1.165) is 5.69 Å². The molecule has 1 aromatic heterocycles. The van der Waals surface area contributed by atoms with Crippen LogP contribution in [0.2, 0.25) is 5.15 Å². The lowest BCUT2D eigenvalue weighted by Gasteiger charge is -2.00. The number of halogens is 1. The Labute approximate surface area is 70.4 Å². The summed E-state index contributed by atoms with van der Waals surface area (Å²) >= 11 is 5.65. The van der Waals surface area contributed by atoms with Gasteiger partial charge in [0.2, 0.25) is 0 Å². The van der Waals surface area contributed by atoms with Crippen molar-refractivity contribution in [2.24, 2.45) is 0 Å². The van der Waals surface area contributed by atoms with Crippen molar-refractivity contribution in [1.29, 1.82) is 0 Å². The summed E-state index contributed by atoms with van der Waals surface area (Å²) in [7, 11) is 0. The Bertz CT molecular complexity index is 232. The maximum absolute atomic E-state index is 5.65. The van der Waals surface area contributed by atoms with Crippen molar-refractivity contribution < 1.29 is 4.74 Å². The molecule has 0 aromatic carbocycles. The minimum Gasteiger partial charge on any atom is -0.464 e. The Balaban J connectivity index is 2.89. The van der Waals surface area contributed by atoms with Crippen molar-refractivity contribution >= 4 is 11.6 Å². The molecule has 1 heterocycles. The maximum atomic E-state index is 5.65. The second-order valence-corrected chi connectivity index (χ2v) is 2.43. The number of aromatic nitrogens is 2. The molecule has 60 valence electrons. The topological polar surface area (TPSA) is 35.0 Å². The quantitative estimate of drug-likeness (QED) is 0.639. The van der Waals surface area contributed by atoms with E-state index in [1.165, 1.54) is 0 Å². The third kappa shape index (κ3) is 2.35. The van der Waals surface area contributed by atoms with E-state index in [1.54, 1.807) is 6.07 Å². The first-order valence-corrected chi connectivity index (χ1v) is 3.74. The second-order valence-electron chi connectivity index (χ2n) is 2.05. The van der Waals surface area contributed by atoms with E-state index in [2.05, 4.69) is 9.97 Å². The molecule has 0 saturated carbocycles. The lowest BCUT2D eigenvalue weighted by atomic mass is 10.5. The molecule has 0 aliphatic heterocycles. The lowest BCUT2D eigenvalue weighted by Crippen LogP contribution is -1.98. The summed E-state index contributed by atoms with van der Waals surface area (Å²) < 4.78 is 5.06. The summed E-state index contributed by atoms with van der Waals surface area (Å²) in [5, 5.41) is 0.418. The predicted molar refractivity (Wildman–Crippen MR) is 42.9 cm³/mol. The van der Waals surface area contributed by atoms with Crippen LogP contribution in [0.3, 0.4) is 0 Å². The summed E-state index contributed by atoms with van der Waals surface area (Å²) in [6.45, 7) is 4.27. The van der Waals surface area contributed by atoms with Gasteiger partial charge in [-0.15, -0.1) is 0 Å². The average Bonchev–Trinajstić information content (AvgIpc) is 1.85. The van der Waals surface area contributed by atoms with Crippen LogP contribution in [0.4, 0.5) is 0 Å². The van der Waals surface area contributed by atoms with Crippen LogP contribution in [0.25, 0.3) is 0 Å². The van der Waals surface area contributed by atoms with Crippen molar-refractivity contribution in [2.45, 2.75) is 13.8 Å². The van der Waals surface area contributed by atoms with Gasteiger partial charge in [0.05, 0.1) is 6.61 Å². The molecule has 0 amide bonds. The maximum Gasteiger partial charge on any atom is 0.318 e. The van der Waals surface area contributed by atoms with Crippen molar-refractivity contribution in [1.82, 2.24) is 9.97 Å². The van der Waals surface area contributed by atoms with Crippen molar-refractivity contribution in [3.05, 3.63) is 16.9 Å². The lowest BCUT2D eigenvalue weighted by molar-refractivity contribution is 0.312. The molecule has 4 heteroatoms. The molecule has 0 aliphatic rings. The first-order valence-electron chi connectivity index (χ1n) is 3.36. The molecule has 1 rings (SSSR count). The predicted octanol–water partition coefficient (Wildman–Crippen LogP) is 1.84.